The SMILES string of the molecule is O=C(NCCSc1ccccn1)c1ccc([C@H]2SCC(=O)N2CCc2ccccc2)cc1. The zero-order valence-corrected chi connectivity index (χ0v) is 19.3. The second-order valence-corrected chi connectivity index (χ2v) is 9.56. The number of carbonyl (C=O) groups is 2. The molecule has 0 unspecified atom stereocenters. The molecule has 0 aliphatic carbocycles. The maximum atomic E-state index is 12.5. The Balaban J connectivity index is 1.29. The van der Waals surface area contributed by atoms with Crippen LogP contribution in [0.4, 0.5) is 0 Å². The summed E-state index contributed by atoms with van der Waals surface area (Å²) < 4.78 is 0. The van der Waals surface area contributed by atoms with Crippen LogP contribution in [0.3, 0.4) is 0 Å². The maximum absolute atomic E-state index is 12.5. The third-order valence-electron chi connectivity index (χ3n) is 5.19. The molecule has 4 rings (SSSR count). The smallest absolute Gasteiger partial charge is 0.251 e. The van der Waals surface area contributed by atoms with Gasteiger partial charge in [0.1, 0.15) is 5.37 Å². The van der Waals surface area contributed by atoms with E-state index < -0.39 is 0 Å². The Hall–Kier alpha value is -2.77. The first-order valence-electron chi connectivity index (χ1n) is 10.6. The first-order chi connectivity index (χ1) is 15.7. The number of nitrogens with one attached hydrogen (secondary N) is 1. The monoisotopic (exact) mass is 463 g/mol. The minimum absolute atomic E-state index is 0.00176. The molecule has 164 valence electrons. The van der Waals surface area contributed by atoms with E-state index in [1.54, 1.807) is 29.7 Å². The zero-order valence-electron chi connectivity index (χ0n) is 17.6. The summed E-state index contributed by atoms with van der Waals surface area (Å²) in [7, 11) is 0. The summed E-state index contributed by atoms with van der Waals surface area (Å²) >= 11 is 3.26. The minimum atomic E-state index is -0.0887. The summed E-state index contributed by atoms with van der Waals surface area (Å²) in [5.74, 6) is 1.34. The molecule has 3 aromatic rings. The van der Waals surface area contributed by atoms with E-state index in [1.165, 1.54) is 5.56 Å². The van der Waals surface area contributed by atoms with Gasteiger partial charge in [-0.25, -0.2) is 4.98 Å². The molecule has 0 saturated carbocycles. The van der Waals surface area contributed by atoms with E-state index in [1.807, 2.05) is 65.6 Å². The average molecular weight is 464 g/mol. The molecule has 0 spiro atoms. The second kappa shape index (κ2) is 11.2. The molecular weight excluding hydrogens is 438 g/mol. The quantitative estimate of drug-likeness (QED) is 0.376. The fourth-order valence-electron chi connectivity index (χ4n) is 3.52. The summed E-state index contributed by atoms with van der Waals surface area (Å²) in [5, 5.41) is 3.90. The lowest BCUT2D eigenvalue weighted by molar-refractivity contribution is -0.128. The van der Waals surface area contributed by atoms with Crippen LogP contribution in [0.1, 0.15) is 26.9 Å². The Morgan fingerprint density at radius 3 is 2.59 bits per heavy atom. The summed E-state index contributed by atoms with van der Waals surface area (Å²) in [6.07, 6.45) is 2.60. The van der Waals surface area contributed by atoms with Gasteiger partial charge in [-0.2, -0.15) is 0 Å². The molecule has 2 amide bonds. The van der Waals surface area contributed by atoms with Gasteiger partial charge in [-0.1, -0.05) is 48.5 Å². The van der Waals surface area contributed by atoms with Crippen molar-refractivity contribution in [3.8, 4) is 0 Å². The van der Waals surface area contributed by atoms with Gasteiger partial charge in [0.05, 0.1) is 10.8 Å². The van der Waals surface area contributed by atoms with Crippen LogP contribution in [-0.2, 0) is 11.2 Å². The predicted octanol–water partition coefficient (Wildman–Crippen LogP) is 4.42. The van der Waals surface area contributed by atoms with Crippen molar-refractivity contribution in [2.75, 3.05) is 24.6 Å². The molecule has 1 aliphatic heterocycles. The Bertz CT molecular complexity index is 1030. The third kappa shape index (κ3) is 5.93. The molecule has 1 fully saturated rings. The average Bonchev–Trinajstić information content (AvgIpc) is 3.22. The zero-order chi connectivity index (χ0) is 22.2. The van der Waals surface area contributed by atoms with Crippen LogP contribution in [0.15, 0.2) is 84.0 Å². The van der Waals surface area contributed by atoms with Crippen LogP contribution in [0.5, 0.6) is 0 Å². The fraction of sp³-hybridized carbons (Fsp3) is 0.240. The van der Waals surface area contributed by atoms with Crippen molar-refractivity contribution in [1.82, 2.24) is 15.2 Å². The van der Waals surface area contributed by atoms with Gasteiger partial charge in [0.2, 0.25) is 5.91 Å². The molecule has 1 aliphatic rings. The minimum Gasteiger partial charge on any atom is -0.351 e. The van der Waals surface area contributed by atoms with Crippen molar-refractivity contribution in [3.05, 3.63) is 95.7 Å². The van der Waals surface area contributed by atoms with Crippen LogP contribution in [0.2, 0.25) is 0 Å². The van der Waals surface area contributed by atoms with Crippen LogP contribution >= 0.6 is 23.5 Å². The van der Waals surface area contributed by atoms with Crippen molar-refractivity contribution in [1.29, 1.82) is 0 Å². The van der Waals surface area contributed by atoms with Crippen LogP contribution in [-0.4, -0.2) is 46.3 Å². The Morgan fingerprint density at radius 1 is 1.06 bits per heavy atom. The Labute approximate surface area is 197 Å². The van der Waals surface area contributed by atoms with E-state index in [9.17, 15) is 9.59 Å². The van der Waals surface area contributed by atoms with Gasteiger partial charge in [-0.3, -0.25) is 9.59 Å². The lowest BCUT2D eigenvalue weighted by Gasteiger charge is -2.24. The summed E-state index contributed by atoms with van der Waals surface area (Å²) in [6, 6.07) is 23.6. The molecule has 1 atom stereocenters. The number of amides is 2. The number of aromatic nitrogens is 1. The molecule has 32 heavy (non-hydrogen) atoms. The van der Waals surface area contributed by atoms with E-state index in [-0.39, 0.29) is 17.2 Å². The van der Waals surface area contributed by atoms with Gasteiger partial charge in [0.25, 0.3) is 5.91 Å². The maximum Gasteiger partial charge on any atom is 0.251 e. The summed E-state index contributed by atoms with van der Waals surface area (Å²) in [6.45, 7) is 1.26. The van der Waals surface area contributed by atoms with Crippen LogP contribution in [0, 0.1) is 0 Å². The number of nitrogens with zero attached hydrogens (tertiary/aromatic N) is 2. The highest BCUT2D eigenvalue weighted by Crippen LogP contribution is 2.38. The number of carbonyl (C=O) groups excluding carboxylic acids is 2. The molecule has 0 radical (unpaired) electrons. The molecule has 1 saturated heterocycles. The van der Waals surface area contributed by atoms with Gasteiger partial charge < -0.3 is 10.2 Å². The first kappa shape index (κ1) is 22.4. The third-order valence-corrected chi connectivity index (χ3v) is 7.39. The van der Waals surface area contributed by atoms with E-state index in [2.05, 4.69) is 22.4 Å². The van der Waals surface area contributed by atoms with E-state index in [4.69, 9.17) is 0 Å². The molecule has 1 aromatic heterocycles. The number of hydrogen-bond acceptors (Lipinski definition) is 5. The normalized spacial score (nSPS) is 15.7. The van der Waals surface area contributed by atoms with Crippen molar-refractivity contribution in [2.24, 2.45) is 0 Å². The number of benzene rings is 2. The number of thioether (sulfide) groups is 2. The lowest BCUT2D eigenvalue weighted by Crippen LogP contribution is -2.30. The lowest BCUT2D eigenvalue weighted by atomic mass is 10.1. The Morgan fingerprint density at radius 2 is 1.84 bits per heavy atom. The molecule has 5 nitrogen and oxygen atoms in total. The fourth-order valence-corrected chi connectivity index (χ4v) is 5.46. The van der Waals surface area contributed by atoms with Crippen LogP contribution in [0.25, 0.3) is 0 Å². The largest absolute Gasteiger partial charge is 0.351 e. The van der Waals surface area contributed by atoms with Gasteiger partial charge in [-0.15, -0.1) is 23.5 Å². The number of hydrogen-bond donors (Lipinski definition) is 1. The van der Waals surface area contributed by atoms with E-state index >= 15 is 0 Å². The predicted molar refractivity (Wildman–Crippen MR) is 131 cm³/mol. The second-order valence-electron chi connectivity index (χ2n) is 7.38. The topological polar surface area (TPSA) is 62.3 Å². The highest BCUT2D eigenvalue weighted by atomic mass is 32.2. The highest BCUT2D eigenvalue weighted by molar-refractivity contribution is 8.00. The molecule has 0 bridgehead atoms. The van der Waals surface area contributed by atoms with Crippen molar-refractivity contribution >= 4 is 35.3 Å². The number of rotatable bonds is 9. The van der Waals surface area contributed by atoms with Crippen molar-refractivity contribution in [2.45, 2.75) is 16.8 Å². The van der Waals surface area contributed by atoms with Gasteiger partial charge in [-0.05, 0) is 41.8 Å². The summed E-state index contributed by atoms with van der Waals surface area (Å²) in [4.78, 5) is 31.1. The molecule has 1 N–H and O–H groups in total. The van der Waals surface area contributed by atoms with Crippen molar-refractivity contribution in [3.63, 3.8) is 0 Å². The van der Waals surface area contributed by atoms with Gasteiger partial charge in [0, 0.05) is 30.6 Å². The number of pyridine rings is 1. The molecular formula is C25H25N3O2S2. The van der Waals surface area contributed by atoms with Gasteiger partial charge in [0.15, 0.2) is 0 Å². The van der Waals surface area contributed by atoms with Gasteiger partial charge >= 0.3 is 0 Å². The summed E-state index contributed by atoms with van der Waals surface area (Å²) in [5.41, 5.74) is 2.90. The molecule has 7 heteroatoms. The highest BCUT2D eigenvalue weighted by Gasteiger charge is 2.32. The first-order valence-corrected chi connectivity index (χ1v) is 12.6. The molecule has 2 heterocycles. The van der Waals surface area contributed by atoms with E-state index in [0.717, 1.165) is 22.8 Å². The Kier molecular flexibility index (Phi) is 7.85. The van der Waals surface area contributed by atoms with Crippen LogP contribution < -0.4 is 5.32 Å². The standard InChI is InChI=1S/C25H25N3O2S2/c29-23-18-32-25(28(23)16-13-19-6-2-1-3-7-19)21-11-9-20(10-12-21)24(30)27-15-17-31-22-8-4-5-14-26-22/h1-12,14,25H,13,15-18H2,(H,27,30)/t25-/m1/s1. The van der Waals surface area contributed by atoms with E-state index in [0.29, 0.717) is 24.4 Å². The van der Waals surface area contributed by atoms with Crippen molar-refractivity contribution < 1.29 is 9.59 Å². The molecule has 2 aromatic carbocycles.